The van der Waals surface area contributed by atoms with Crippen LogP contribution in [-0.4, -0.2) is 43.0 Å². The second kappa shape index (κ2) is 4.49. The molecule has 0 radical (unpaired) electrons. The first-order valence-corrected chi connectivity index (χ1v) is 5.19. The number of hydrogen-bond acceptors (Lipinski definition) is 4. The summed E-state index contributed by atoms with van der Waals surface area (Å²) in [6, 6.07) is 3.54. The zero-order chi connectivity index (χ0) is 11.5. The quantitative estimate of drug-likeness (QED) is 0.811. The Morgan fingerprint density at radius 1 is 1.62 bits per heavy atom. The molecule has 0 aliphatic carbocycles. The van der Waals surface area contributed by atoms with Crippen molar-refractivity contribution < 1.29 is 9.53 Å². The third-order valence-electron chi connectivity index (χ3n) is 2.67. The van der Waals surface area contributed by atoms with Gasteiger partial charge in [0.2, 0.25) is 5.91 Å². The summed E-state index contributed by atoms with van der Waals surface area (Å²) in [5.41, 5.74) is 0. The molecular formula is C11H15N3O2. The fraction of sp³-hybridized carbons (Fsp3) is 0.455. The van der Waals surface area contributed by atoms with Crippen LogP contribution in [0.25, 0.3) is 0 Å². The van der Waals surface area contributed by atoms with Gasteiger partial charge in [-0.3, -0.25) is 4.79 Å². The Labute approximate surface area is 94.4 Å². The standard InChI is InChI=1S/C11H15N3O2/c1-14-6-8(7-14)11(15)13-10-9(16-2)4-3-5-12-10/h3-5,8H,6-7H2,1-2H3,(H,12,13,15). The Bertz CT molecular complexity index is 389. The number of carbonyl (C=O) groups is 1. The van der Waals surface area contributed by atoms with Crippen LogP contribution in [0.4, 0.5) is 5.82 Å². The molecule has 1 amide bonds. The molecule has 16 heavy (non-hydrogen) atoms. The number of amides is 1. The van der Waals surface area contributed by atoms with Gasteiger partial charge in [-0.1, -0.05) is 0 Å². The predicted molar refractivity (Wildman–Crippen MR) is 60.4 cm³/mol. The molecule has 2 heterocycles. The molecule has 0 aromatic carbocycles. The average molecular weight is 221 g/mol. The lowest BCUT2D eigenvalue weighted by atomic mass is 10.0. The van der Waals surface area contributed by atoms with Crippen LogP contribution in [0, 0.1) is 5.92 Å². The van der Waals surface area contributed by atoms with E-state index >= 15 is 0 Å². The Hall–Kier alpha value is -1.62. The fourth-order valence-electron chi connectivity index (χ4n) is 1.73. The summed E-state index contributed by atoms with van der Waals surface area (Å²) in [5, 5.41) is 2.78. The zero-order valence-corrected chi connectivity index (χ0v) is 9.43. The second-order valence-electron chi connectivity index (χ2n) is 3.96. The molecule has 0 unspecified atom stereocenters. The van der Waals surface area contributed by atoms with Gasteiger partial charge < -0.3 is 15.0 Å². The number of aromatic nitrogens is 1. The van der Waals surface area contributed by atoms with E-state index < -0.39 is 0 Å². The molecule has 2 rings (SSSR count). The molecule has 0 atom stereocenters. The number of pyridine rings is 1. The first kappa shape index (κ1) is 10.9. The Morgan fingerprint density at radius 2 is 2.38 bits per heavy atom. The molecule has 1 fully saturated rings. The third kappa shape index (κ3) is 2.14. The van der Waals surface area contributed by atoms with Crippen molar-refractivity contribution in [3.63, 3.8) is 0 Å². The highest BCUT2D eigenvalue weighted by Gasteiger charge is 2.30. The van der Waals surface area contributed by atoms with Gasteiger partial charge in [-0.2, -0.15) is 0 Å². The first-order valence-electron chi connectivity index (χ1n) is 5.19. The van der Waals surface area contributed by atoms with Gasteiger partial charge in [0.15, 0.2) is 11.6 Å². The van der Waals surface area contributed by atoms with Crippen molar-refractivity contribution in [2.75, 3.05) is 32.6 Å². The van der Waals surface area contributed by atoms with Crippen LogP contribution in [0.15, 0.2) is 18.3 Å². The molecule has 0 saturated carbocycles. The van der Waals surface area contributed by atoms with Gasteiger partial charge in [-0.05, 0) is 19.2 Å². The number of nitrogens with one attached hydrogen (secondary N) is 1. The number of methoxy groups -OCH3 is 1. The number of carbonyl (C=O) groups excluding carboxylic acids is 1. The van der Waals surface area contributed by atoms with Crippen LogP contribution in [-0.2, 0) is 4.79 Å². The van der Waals surface area contributed by atoms with E-state index in [1.165, 1.54) is 0 Å². The summed E-state index contributed by atoms with van der Waals surface area (Å²) >= 11 is 0. The molecule has 1 aromatic rings. The predicted octanol–water partition coefficient (Wildman–Crippen LogP) is 0.590. The van der Waals surface area contributed by atoms with Gasteiger partial charge in [0, 0.05) is 19.3 Å². The smallest absolute Gasteiger partial charge is 0.231 e. The highest BCUT2D eigenvalue weighted by Crippen LogP contribution is 2.22. The molecular weight excluding hydrogens is 206 g/mol. The number of anilines is 1. The van der Waals surface area contributed by atoms with Crippen molar-refractivity contribution in [3.8, 4) is 5.75 Å². The van der Waals surface area contributed by atoms with E-state index in [0.717, 1.165) is 13.1 Å². The minimum Gasteiger partial charge on any atom is -0.493 e. The van der Waals surface area contributed by atoms with E-state index in [4.69, 9.17) is 4.74 Å². The lowest BCUT2D eigenvalue weighted by Gasteiger charge is -2.34. The molecule has 5 nitrogen and oxygen atoms in total. The van der Waals surface area contributed by atoms with Crippen molar-refractivity contribution in [3.05, 3.63) is 18.3 Å². The maximum atomic E-state index is 11.8. The number of rotatable bonds is 3. The molecule has 1 aliphatic rings. The average Bonchev–Trinajstić information content (AvgIpc) is 2.25. The molecule has 86 valence electrons. The van der Waals surface area contributed by atoms with E-state index in [0.29, 0.717) is 11.6 Å². The molecule has 0 bridgehead atoms. The van der Waals surface area contributed by atoms with Gasteiger partial charge in [0.1, 0.15) is 0 Å². The summed E-state index contributed by atoms with van der Waals surface area (Å²) in [6.07, 6.45) is 1.63. The third-order valence-corrected chi connectivity index (χ3v) is 2.67. The molecule has 1 saturated heterocycles. The summed E-state index contributed by atoms with van der Waals surface area (Å²) in [6.45, 7) is 1.61. The largest absolute Gasteiger partial charge is 0.493 e. The van der Waals surface area contributed by atoms with Crippen LogP contribution in [0.1, 0.15) is 0 Å². The van der Waals surface area contributed by atoms with Crippen LogP contribution in [0.2, 0.25) is 0 Å². The maximum absolute atomic E-state index is 11.8. The number of hydrogen-bond donors (Lipinski definition) is 1. The van der Waals surface area contributed by atoms with E-state index in [2.05, 4.69) is 15.2 Å². The van der Waals surface area contributed by atoms with Gasteiger partial charge >= 0.3 is 0 Å². The lowest BCUT2D eigenvalue weighted by Crippen LogP contribution is -2.49. The van der Waals surface area contributed by atoms with Gasteiger partial charge in [-0.15, -0.1) is 0 Å². The van der Waals surface area contributed by atoms with Crippen LogP contribution >= 0.6 is 0 Å². The minimum absolute atomic E-state index is 0.00935. The van der Waals surface area contributed by atoms with E-state index in [9.17, 15) is 4.79 Å². The number of nitrogens with zero attached hydrogens (tertiary/aromatic N) is 2. The zero-order valence-electron chi connectivity index (χ0n) is 9.43. The molecule has 1 aromatic heterocycles. The monoisotopic (exact) mass is 221 g/mol. The topological polar surface area (TPSA) is 54.5 Å². The van der Waals surface area contributed by atoms with Crippen LogP contribution in [0.3, 0.4) is 0 Å². The van der Waals surface area contributed by atoms with Crippen LogP contribution in [0.5, 0.6) is 5.75 Å². The van der Waals surface area contributed by atoms with Crippen molar-refractivity contribution >= 4 is 11.7 Å². The lowest BCUT2D eigenvalue weighted by molar-refractivity contribution is -0.124. The van der Waals surface area contributed by atoms with E-state index in [1.54, 1.807) is 25.4 Å². The molecule has 1 aliphatic heterocycles. The highest BCUT2D eigenvalue weighted by molar-refractivity contribution is 5.93. The Morgan fingerprint density at radius 3 is 3.00 bits per heavy atom. The van der Waals surface area contributed by atoms with E-state index in [-0.39, 0.29) is 11.8 Å². The highest BCUT2D eigenvalue weighted by atomic mass is 16.5. The Balaban J connectivity index is 2.00. The fourth-order valence-corrected chi connectivity index (χ4v) is 1.73. The molecule has 1 N–H and O–H groups in total. The SMILES string of the molecule is COc1cccnc1NC(=O)C1CN(C)C1. The first-order chi connectivity index (χ1) is 7.70. The molecule has 5 heteroatoms. The van der Waals surface area contributed by atoms with Crippen molar-refractivity contribution in [2.24, 2.45) is 5.92 Å². The minimum atomic E-state index is 0.00935. The number of ether oxygens (including phenoxy) is 1. The van der Waals surface area contributed by atoms with Gasteiger partial charge in [0.05, 0.1) is 13.0 Å². The summed E-state index contributed by atoms with van der Waals surface area (Å²) in [4.78, 5) is 18.0. The summed E-state index contributed by atoms with van der Waals surface area (Å²) < 4.78 is 5.11. The van der Waals surface area contributed by atoms with Gasteiger partial charge in [-0.25, -0.2) is 4.98 Å². The van der Waals surface area contributed by atoms with E-state index in [1.807, 2.05) is 7.05 Å². The summed E-state index contributed by atoms with van der Waals surface area (Å²) in [5.74, 6) is 1.15. The number of likely N-dealkylation sites (tertiary alicyclic amines) is 1. The van der Waals surface area contributed by atoms with Crippen LogP contribution < -0.4 is 10.1 Å². The maximum Gasteiger partial charge on any atom is 0.231 e. The normalized spacial score (nSPS) is 16.6. The van der Waals surface area contributed by atoms with Crippen molar-refractivity contribution in [1.29, 1.82) is 0 Å². The van der Waals surface area contributed by atoms with Gasteiger partial charge in [0.25, 0.3) is 0 Å². The second-order valence-corrected chi connectivity index (χ2v) is 3.96. The summed E-state index contributed by atoms with van der Waals surface area (Å²) in [7, 11) is 3.55. The Kier molecular flexibility index (Phi) is 3.05. The molecule has 0 spiro atoms. The van der Waals surface area contributed by atoms with Crippen molar-refractivity contribution in [1.82, 2.24) is 9.88 Å². The van der Waals surface area contributed by atoms with Crippen molar-refractivity contribution in [2.45, 2.75) is 0 Å².